The van der Waals surface area contributed by atoms with Gasteiger partial charge in [0.05, 0.1) is 5.69 Å². The minimum atomic E-state index is 0.706. The van der Waals surface area contributed by atoms with Crippen molar-refractivity contribution in [3.63, 3.8) is 0 Å². The van der Waals surface area contributed by atoms with Crippen LogP contribution >= 0.6 is 0 Å². The summed E-state index contributed by atoms with van der Waals surface area (Å²) in [4.78, 5) is 11.7. The summed E-state index contributed by atoms with van der Waals surface area (Å²) in [5.41, 5.74) is 5.90. The van der Waals surface area contributed by atoms with Crippen molar-refractivity contribution >= 4 is 28.3 Å². The van der Waals surface area contributed by atoms with Gasteiger partial charge < -0.3 is 0 Å². The number of piperazine rings is 1. The molecule has 0 bridgehead atoms. The van der Waals surface area contributed by atoms with Crippen molar-refractivity contribution in [1.82, 2.24) is 4.98 Å². The van der Waals surface area contributed by atoms with Gasteiger partial charge in [0.25, 0.3) is 5.82 Å². The van der Waals surface area contributed by atoms with Crippen LogP contribution in [0.1, 0.15) is 16.8 Å². The smallest absolute Gasteiger partial charge is 0.274 e. The fourth-order valence-electron chi connectivity index (χ4n) is 4.31. The summed E-state index contributed by atoms with van der Waals surface area (Å²) >= 11 is 0. The number of hydrogen-bond donors (Lipinski definition) is 1. The topological polar surface area (TPSA) is 64.3 Å². The highest BCUT2D eigenvalue weighted by Gasteiger charge is 2.30. The molecule has 1 aromatic carbocycles. The van der Waals surface area contributed by atoms with Crippen molar-refractivity contribution in [2.45, 2.75) is 13.8 Å². The number of nitriles is 1. The van der Waals surface area contributed by atoms with Crippen molar-refractivity contribution < 1.29 is 9.38 Å². The van der Waals surface area contributed by atoms with Crippen LogP contribution in [0.4, 0.5) is 11.6 Å². The molecule has 0 unspecified atom stereocenters. The molecule has 0 aliphatic carbocycles. The Kier molecular flexibility index (Phi) is 4.09. The average Bonchev–Trinajstić information content (AvgIpc) is 3.12. The van der Waals surface area contributed by atoms with Gasteiger partial charge in [0.1, 0.15) is 48.8 Å². The Labute approximate surface area is 169 Å². The molecule has 6 heteroatoms. The van der Waals surface area contributed by atoms with E-state index in [1.165, 1.54) is 11.5 Å². The first-order valence-electron chi connectivity index (χ1n) is 10.0. The Balaban J connectivity index is 1.55. The first kappa shape index (κ1) is 17.5. The lowest BCUT2D eigenvalue weighted by Crippen LogP contribution is -2.50. The van der Waals surface area contributed by atoms with Gasteiger partial charge in [0.15, 0.2) is 0 Å². The zero-order chi connectivity index (χ0) is 20.0. The fourth-order valence-corrected chi connectivity index (χ4v) is 4.31. The molecule has 1 aliphatic rings. The molecule has 2 N–H and O–H groups in total. The van der Waals surface area contributed by atoms with Crippen LogP contribution in [0, 0.1) is 25.2 Å². The second-order valence-electron chi connectivity index (χ2n) is 7.69. The second-order valence-corrected chi connectivity index (χ2v) is 7.69. The number of pyridine rings is 2. The first-order valence-corrected chi connectivity index (χ1v) is 10.0. The Hall–Kier alpha value is -3.59. The van der Waals surface area contributed by atoms with E-state index in [4.69, 9.17) is 0 Å². The zero-order valence-electron chi connectivity index (χ0n) is 16.7. The SMILES string of the molecule is Cc1cccc(N2CCN(c3cc(C)c(C#N)c4[nH]c5ccccc5[n+]34)CC2)[nH+]1. The number of nitrogens with zero attached hydrogens (tertiary/aromatic N) is 4. The van der Waals surface area contributed by atoms with Crippen molar-refractivity contribution in [3.8, 4) is 6.07 Å². The van der Waals surface area contributed by atoms with Crippen molar-refractivity contribution in [2.24, 2.45) is 0 Å². The Morgan fingerprint density at radius 1 is 1.00 bits per heavy atom. The largest absolute Gasteiger partial charge is 0.284 e. The molecule has 1 fully saturated rings. The summed E-state index contributed by atoms with van der Waals surface area (Å²) in [5, 5.41) is 9.72. The number of imidazole rings is 1. The van der Waals surface area contributed by atoms with Crippen LogP contribution in [-0.4, -0.2) is 31.2 Å². The van der Waals surface area contributed by atoms with E-state index in [1.807, 2.05) is 19.1 Å². The van der Waals surface area contributed by atoms with Gasteiger partial charge in [0.2, 0.25) is 11.5 Å². The molecule has 1 saturated heterocycles. The van der Waals surface area contributed by atoms with Crippen LogP contribution in [0.5, 0.6) is 0 Å². The Morgan fingerprint density at radius 3 is 2.52 bits per heavy atom. The third kappa shape index (κ3) is 2.87. The number of hydrogen-bond acceptors (Lipinski definition) is 3. The van der Waals surface area contributed by atoms with Crippen LogP contribution < -0.4 is 19.2 Å². The summed E-state index contributed by atoms with van der Waals surface area (Å²) in [6, 6.07) is 19.1. The predicted molar refractivity (Wildman–Crippen MR) is 113 cm³/mol. The van der Waals surface area contributed by atoms with Crippen molar-refractivity contribution in [2.75, 3.05) is 36.0 Å². The standard InChI is InChI=1S/C23H22N6/c1-16-14-22(28-12-10-27(11-13-28)21-9-5-6-17(2)25-21)29-20-8-4-3-7-19(20)26-23(29)18(16)15-24/h3-9,14H,10-13H2,1-2H3/p+2. The maximum atomic E-state index is 9.72. The summed E-state index contributed by atoms with van der Waals surface area (Å²) in [7, 11) is 0. The zero-order valence-corrected chi connectivity index (χ0v) is 16.7. The van der Waals surface area contributed by atoms with Crippen LogP contribution in [0.15, 0.2) is 48.5 Å². The highest BCUT2D eigenvalue weighted by Crippen LogP contribution is 2.23. The van der Waals surface area contributed by atoms with E-state index in [0.29, 0.717) is 5.56 Å². The number of para-hydroxylation sites is 2. The van der Waals surface area contributed by atoms with Gasteiger partial charge in [-0.3, -0.25) is 14.8 Å². The normalized spacial score (nSPS) is 14.5. The number of H-pyrrole nitrogens is 2. The van der Waals surface area contributed by atoms with Crippen molar-refractivity contribution in [3.05, 3.63) is 65.4 Å². The van der Waals surface area contributed by atoms with Gasteiger partial charge >= 0.3 is 0 Å². The fraction of sp³-hybridized carbons (Fsp3) is 0.261. The molecule has 29 heavy (non-hydrogen) atoms. The Bertz CT molecular complexity index is 1260. The molecule has 4 aromatic rings. The van der Waals surface area contributed by atoms with Crippen LogP contribution in [0.25, 0.3) is 16.7 Å². The number of rotatable bonds is 2. The molecule has 0 radical (unpaired) electrons. The molecule has 0 atom stereocenters. The number of aromatic nitrogens is 3. The maximum Gasteiger partial charge on any atom is 0.274 e. The maximum absolute atomic E-state index is 9.72. The molecule has 1 aliphatic heterocycles. The summed E-state index contributed by atoms with van der Waals surface area (Å²) in [6.45, 7) is 7.85. The number of anilines is 2. The molecule has 0 spiro atoms. The summed E-state index contributed by atoms with van der Waals surface area (Å²) in [6.07, 6.45) is 0. The van der Waals surface area contributed by atoms with E-state index < -0.39 is 0 Å². The van der Waals surface area contributed by atoms with Crippen LogP contribution in [0.3, 0.4) is 0 Å². The lowest BCUT2D eigenvalue weighted by Gasteiger charge is -2.29. The first-order chi connectivity index (χ1) is 14.2. The van der Waals surface area contributed by atoms with Crippen LogP contribution in [0.2, 0.25) is 0 Å². The second kappa shape index (κ2) is 6.78. The highest BCUT2D eigenvalue weighted by molar-refractivity contribution is 5.77. The number of aryl methyl sites for hydroxylation is 2. The van der Waals surface area contributed by atoms with Crippen molar-refractivity contribution in [1.29, 1.82) is 5.26 Å². The van der Waals surface area contributed by atoms with E-state index in [2.05, 4.69) is 73.6 Å². The lowest BCUT2D eigenvalue weighted by molar-refractivity contribution is -0.467. The highest BCUT2D eigenvalue weighted by atomic mass is 15.3. The van der Waals surface area contributed by atoms with E-state index >= 15 is 0 Å². The van der Waals surface area contributed by atoms with Gasteiger partial charge in [-0.25, -0.2) is 4.98 Å². The third-order valence-electron chi connectivity index (χ3n) is 5.81. The van der Waals surface area contributed by atoms with Gasteiger partial charge in [0, 0.05) is 12.1 Å². The van der Waals surface area contributed by atoms with E-state index in [-0.39, 0.29) is 0 Å². The Morgan fingerprint density at radius 2 is 1.76 bits per heavy atom. The van der Waals surface area contributed by atoms with Gasteiger partial charge in [-0.15, -0.1) is 0 Å². The molecule has 5 rings (SSSR count). The number of aromatic amines is 2. The average molecular weight is 384 g/mol. The minimum absolute atomic E-state index is 0.706. The third-order valence-corrected chi connectivity index (χ3v) is 5.81. The summed E-state index contributed by atoms with van der Waals surface area (Å²) < 4.78 is 2.20. The molecule has 4 heterocycles. The van der Waals surface area contributed by atoms with Gasteiger partial charge in [-0.2, -0.15) is 9.66 Å². The van der Waals surface area contributed by atoms with Gasteiger partial charge in [-0.1, -0.05) is 18.2 Å². The summed E-state index contributed by atoms with van der Waals surface area (Å²) in [5.74, 6) is 2.31. The molecule has 144 valence electrons. The van der Waals surface area contributed by atoms with Crippen LogP contribution in [-0.2, 0) is 0 Å². The molecule has 3 aromatic heterocycles. The minimum Gasteiger partial charge on any atom is -0.284 e. The predicted octanol–water partition coefficient (Wildman–Crippen LogP) is 2.54. The molecule has 6 nitrogen and oxygen atoms in total. The quantitative estimate of drug-likeness (QED) is 0.540. The van der Waals surface area contributed by atoms with E-state index in [9.17, 15) is 5.26 Å². The van der Waals surface area contributed by atoms with Gasteiger partial charge in [-0.05, 0) is 37.6 Å². The monoisotopic (exact) mass is 384 g/mol. The van der Waals surface area contributed by atoms with E-state index in [0.717, 1.165) is 54.2 Å². The molecule has 0 saturated carbocycles. The molecule has 0 amide bonds. The number of benzene rings is 1. The molecular formula is C23H24N6+2. The van der Waals surface area contributed by atoms with E-state index in [1.54, 1.807) is 0 Å². The molecular weight excluding hydrogens is 360 g/mol. The number of fused-ring (bicyclic) bond motifs is 3. The number of nitrogens with one attached hydrogen (secondary N) is 2. The lowest BCUT2D eigenvalue weighted by atomic mass is 10.1.